The van der Waals surface area contributed by atoms with Gasteiger partial charge in [-0.05, 0) is 70.9 Å². The largest absolute Gasteiger partial charge is 0.494 e. The van der Waals surface area contributed by atoms with Crippen molar-refractivity contribution in [3.8, 4) is 11.4 Å². The van der Waals surface area contributed by atoms with Gasteiger partial charge in [-0.1, -0.05) is 23.7 Å². The Bertz CT molecular complexity index is 1310. The van der Waals surface area contributed by atoms with E-state index in [1.54, 1.807) is 13.8 Å². The lowest BCUT2D eigenvalue weighted by Crippen LogP contribution is -2.35. The molecule has 0 spiro atoms. The number of carbonyl (C=O) groups is 1. The van der Waals surface area contributed by atoms with Gasteiger partial charge in [0.1, 0.15) is 17.6 Å². The molecule has 0 aliphatic carbocycles. The molecule has 3 aromatic rings. The molecule has 2 aromatic carbocycles. The van der Waals surface area contributed by atoms with Crippen LogP contribution in [0.3, 0.4) is 0 Å². The van der Waals surface area contributed by atoms with Crippen molar-refractivity contribution in [1.82, 2.24) is 20.1 Å². The number of nitrogens with one attached hydrogen (secondary N) is 1. The molecular weight excluding hydrogens is 506 g/mol. The first-order valence-electron chi connectivity index (χ1n) is 12.8. The fraction of sp³-hybridized carbons (Fsp3) is 0.429. The molecular formula is C28H34ClN5O4. The normalized spacial score (nSPS) is 15.7. The summed E-state index contributed by atoms with van der Waals surface area (Å²) in [6.45, 7) is 7.82. The van der Waals surface area contributed by atoms with Crippen LogP contribution in [0.4, 0.5) is 0 Å². The summed E-state index contributed by atoms with van der Waals surface area (Å²) in [5.41, 5.74) is 2.02. The molecule has 2 heterocycles. The summed E-state index contributed by atoms with van der Waals surface area (Å²) in [7, 11) is 0. The number of aromatic nitrogens is 3. The summed E-state index contributed by atoms with van der Waals surface area (Å²) in [5, 5.41) is 32.2. The Morgan fingerprint density at radius 3 is 2.63 bits per heavy atom. The van der Waals surface area contributed by atoms with E-state index in [-0.39, 0.29) is 12.3 Å². The predicted molar refractivity (Wildman–Crippen MR) is 146 cm³/mol. The summed E-state index contributed by atoms with van der Waals surface area (Å²) in [6.07, 6.45) is 0.281. The summed E-state index contributed by atoms with van der Waals surface area (Å²) in [4.78, 5) is 17.7. The zero-order valence-electron chi connectivity index (χ0n) is 22.1. The third kappa shape index (κ3) is 6.23. The number of nitrogens with zero attached hydrogens (tertiary/aromatic N) is 4. The van der Waals surface area contributed by atoms with Crippen LogP contribution in [0.5, 0.6) is 5.75 Å². The highest BCUT2D eigenvalue weighted by atomic mass is 35.5. The van der Waals surface area contributed by atoms with Crippen molar-refractivity contribution in [2.75, 3.05) is 13.2 Å². The van der Waals surface area contributed by atoms with Gasteiger partial charge < -0.3 is 20.3 Å². The Balaban J connectivity index is 1.72. The van der Waals surface area contributed by atoms with Crippen LogP contribution in [0.25, 0.3) is 5.69 Å². The number of aliphatic hydroxyl groups is 2. The Morgan fingerprint density at radius 2 is 1.95 bits per heavy atom. The second-order valence-electron chi connectivity index (χ2n) is 9.94. The third-order valence-electron chi connectivity index (χ3n) is 6.47. The molecule has 0 saturated carbocycles. The van der Waals surface area contributed by atoms with Gasteiger partial charge in [0.05, 0.1) is 36.1 Å². The molecule has 0 saturated heterocycles. The number of carbonyl (C=O) groups excluding carboxylic acids is 1. The number of aliphatic imine (C=N–C) groups is 1. The van der Waals surface area contributed by atoms with Crippen molar-refractivity contribution >= 4 is 23.2 Å². The third-order valence-corrected chi connectivity index (χ3v) is 6.73. The average molecular weight is 540 g/mol. The van der Waals surface area contributed by atoms with E-state index in [1.165, 1.54) is 0 Å². The van der Waals surface area contributed by atoms with Gasteiger partial charge in [0.15, 0.2) is 5.82 Å². The van der Waals surface area contributed by atoms with Crippen LogP contribution in [0.2, 0.25) is 5.02 Å². The maximum atomic E-state index is 12.6. The number of amides is 1. The molecule has 3 N–H and O–H groups in total. The Hall–Kier alpha value is -3.27. The number of rotatable bonds is 10. The molecule has 1 aliphatic heterocycles. The lowest BCUT2D eigenvalue weighted by Gasteiger charge is -2.24. The number of ether oxygens (including phenoxy) is 1. The van der Waals surface area contributed by atoms with Gasteiger partial charge in [-0.3, -0.25) is 14.4 Å². The van der Waals surface area contributed by atoms with Crippen molar-refractivity contribution in [2.45, 2.75) is 64.7 Å². The van der Waals surface area contributed by atoms with E-state index in [0.29, 0.717) is 54.1 Å². The topological polar surface area (TPSA) is 122 Å². The molecule has 4 rings (SSSR count). The lowest BCUT2D eigenvalue weighted by atomic mass is 9.98. The van der Waals surface area contributed by atoms with Gasteiger partial charge in [0.25, 0.3) is 0 Å². The number of fused-ring (bicyclic) bond motifs is 3. The van der Waals surface area contributed by atoms with Crippen molar-refractivity contribution in [2.24, 2.45) is 4.99 Å². The number of hydrogen-bond acceptors (Lipinski definition) is 7. The molecule has 1 aromatic heterocycles. The van der Waals surface area contributed by atoms with Crippen molar-refractivity contribution in [3.05, 3.63) is 70.3 Å². The fourth-order valence-electron chi connectivity index (χ4n) is 4.40. The van der Waals surface area contributed by atoms with Crippen LogP contribution >= 0.6 is 11.6 Å². The van der Waals surface area contributed by atoms with Crippen LogP contribution in [0, 0.1) is 6.92 Å². The average Bonchev–Trinajstić information content (AvgIpc) is 3.19. The van der Waals surface area contributed by atoms with Crippen LogP contribution in [0.15, 0.2) is 47.5 Å². The van der Waals surface area contributed by atoms with E-state index in [0.717, 1.165) is 16.8 Å². The molecule has 0 fully saturated rings. The van der Waals surface area contributed by atoms with Gasteiger partial charge in [-0.2, -0.15) is 0 Å². The van der Waals surface area contributed by atoms with Gasteiger partial charge >= 0.3 is 0 Å². The summed E-state index contributed by atoms with van der Waals surface area (Å²) >= 11 is 6.17. The number of halogens is 1. The molecule has 202 valence electrons. The number of hydrogen-bond donors (Lipinski definition) is 3. The van der Waals surface area contributed by atoms with E-state index >= 15 is 0 Å². The molecule has 1 unspecified atom stereocenters. The zero-order valence-corrected chi connectivity index (χ0v) is 22.9. The summed E-state index contributed by atoms with van der Waals surface area (Å²) < 4.78 is 7.97. The van der Waals surface area contributed by atoms with Gasteiger partial charge in [0.2, 0.25) is 5.91 Å². The minimum atomic E-state index is -1.16. The molecule has 2 atom stereocenters. The molecule has 0 radical (unpaired) electrons. The second kappa shape index (κ2) is 11.6. The van der Waals surface area contributed by atoms with E-state index in [2.05, 4.69) is 15.5 Å². The standard InChI is InChI=1S/C28H34ClN5O4/c1-5-30-25(36)16-22-27-33-32-17(2)34(27)23-13-12-20(38-14-6-7-24(35)28(3,4)37)15-21(23)26(31-22)18-8-10-19(29)11-9-18/h8-13,15,22,24,35,37H,5-7,14,16H2,1-4H3,(H,30,36)/t22-,24?/m0/s1. The smallest absolute Gasteiger partial charge is 0.222 e. The first-order valence-corrected chi connectivity index (χ1v) is 13.2. The Labute approximate surface area is 227 Å². The van der Waals surface area contributed by atoms with Crippen molar-refractivity contribution in [3.63, 3.8) is 0 Å². The maximum absolute atomic E-state index is 12.6. The first-order chi connectivity index (χ1) is 18.1. The first kappa shape index (κ1) is 27.8. The van der Waals surface area contributed by atoms with Crippen LogP contribution in [-0.4, -0.2) is 61.5 Å². The quantitative estimate of drug-likeness (QED) is 0.335. The maximum Gasteiger partial charge on any atom is 0.222 e. The van der Waals surface area contributed by atoms with Gasteiger partial charge in [-0.25, -0.2) is 0 Å². The van der Waals surface area contributed by atoms with Crippen LogP contribution in [0.1, 0.15) is 68.9 Å². The van der Waals surface area contributed by atoms with Crippen LogP contribution in [-0.2, 0) is 4.79 Å². The minimum Gasteiger partial charge on any atom is -0.494 e. The Morgan fingerprint density at radius 1 is 1.21 bits per heavy atom. The van der Waals surface area contributed by atoms with E-state index in [1.807, 2.05) is 60.9 Å². The van der Waals surface area contributed by atoms with E-state index in [9.17, 15) is 15.0 Å². The molecule has 9 nitrogen and oxygen atoms in total. The number of aryl methyl sites for hydroxylation is 1. The van der Waals surface area contributed by atoms with Gasteiger partial charge in [0, 0.05) is 22.7 Å². The molecule has 10 heteroatoms. The minimum absolute atomic E-state index is 0.118. The monoisotopic (exact) mass is 539 g/mol. The highest BCUT2D eigenvalue weighted by molar-refractivity contribution is 6.30. The highest BCUT2D eigenvalue weighted by Gasteiger charge is 2.30. The predicted octanol–water partition coefficient (Wildman–Crippen LogP) is 3.94. The van der Waals surface area contributed by atoms with E-state index < -0.39 is 17.7 Å². The van der Waals surface area contributed by atoms with Crippen molar-refractivity contribution < 1.29 is 19.7 Å². The summed E-state index contributed by atoms with van der Waals surface area (Å²) in [6, 6.07) is 12.6. The molecule has 1 amide bonds. The van der Waals surface area contributed by atoms with Crippen LogP contribution < -0.4 is 10.1 Å². The second-order valence-corrected chi connectivity index (χ2v) is 10.4. The number of benzene rings is 2. The highest BCUT2D eigenvalue weighted by Crippen LogP contribution is 2.34. The molecule has 1 aliphatic rings. The summed E-state index contributed by atoms with van der Waals surface area (Å²) in [5.74, 6) is 1.79. The number of aliphatic hydroxyl groups excluding tert-OH is 1. The Kier molecular flexibility index (Phi) is 8.50. The molecule has 38 heavy (non-hydrogen) atoms. The van der Waals surface area contributed by atoms with Gasteiger partial charge in [-0.15, -0.1) is 10.2 Å². The fourth-order valence-corrected chi connectivity index (χ4v) is 4.53. The molecule has 0 bridgehead atoms. The van der Waals surface area contributed by atoms with Crippen molar-refractivity contribution in [1.29, 1.82) is 0 Å². The van der Waals surface area contributed by atoms with E-state index in [4.69, 9.17) is 21.3 Å². The lowest BCUT2D eigenvalue weighted by molar-refractivity contribution is -0.121. The SMILES string of the molecule is CCNC(=O)C[C@@H]1N=C(c2ccc(Cl)cc2)c2cc(OCCCC(O)C(C)(C)O)ccc2-n2c(C)nnc21. The zero-order chi connectivity index (χ0) is 27.4.